The third-order valence-corrected chi connectivity index (χ3v) is 8.28. The zero-order chi connectivity index (χ0) is 31.3. The van der Waals surface area contributed by atoms with Crippen LogP contribution in [0.2, 0.25) is 0 Å². The van der Waals surface area contributed by atoms with Gasteiger partial charge in [-0.2, -0.15) is 0 Å². The molecule has 0 aliphatic heterocycles. The Balaban J connectivity index is 1.48. The van der Waals surface area contributed by atoms with Crippen molar-refractivity contribution in [1.82, 2.24) is 0 Å². The molecule has 0 aliphatic carbocycles. The molecule has 1 atom stereocenters. The quantitative estimate of drug-likeness (QED) is 0.119. The van der Waals surface area contributed by atoms with Crippen LogP contribution in [0.15, 0.2) is 77.0 Å². The summed E-state index contributed by atoms with van der Waals surface area (Å²) in [6, 6.07) is 17.5. The van der Waals surface area contributed by atoms with Gasteiger partial charge in [-0.1, -0.05) is 35.9 Å². The number of carboxylic acids is 2. The monoisotopic (exact) mass is 618 g/mol. The minimum Gasteiger partial charge on any atom is -0.478 e. The molecule has 43 heavy (non-hydrogen) atoms. The van der Waals surface area contributed by atoms with Crippen molar-refractivity contribution in [3.63, 3.8) is 0 Å². The first-order valence-electron chi connectivity index (χ1n) is 12.7. The molecular formula is C31H26N2O8S2. The van der Waals surface area contributed by atoms with E-state index in [9.17, 15) is 29.1 Å². The lowest BCUT2D eigenvalue weighted by molar-refractivity contribution is -0.115. The molecule has 1 aromatic heterocycles. The molecule has 0 bridgehead atoms. The van der Waals surface area contributed by atoms with Crippen LogP contribution in [0.3, 0.4) is 0 Å². The number of hydrogen-bond acceptors (Lipinski definition) is 8. The van der Waals surface area contributed by atoms with E-state index in [2.05, 4.69) is 10.6 Å². The van der Waals surface area contributed by atoms with Crippen LogP contribution in [0.25, 0.3) is 11.1 Å². The number of ether oxygens (including phenoxy) is 1. The molecule has 1 heterocycles. The van der Waals surface area contributed by atoms with Crippen LogP contribution in [0, 0.1) is 6.92 Å². The number of carboxylic acid groups (broad SMARTS) is 2. The summed E-state index contributed by atoms with van der Waals surface area (Å²) < 4.78 is 4.99. The van der Waals surface area contributed by atoms with Crippen molar-refractivity contribution in [3.8, 4) is 11.1 Å². The van der Waals surface area contributed by atoms with E-state index in [1.165, 1.54) is 30.2 Å². The molecule has 0 saturated heterocycles. The van der Waals surface area contributed by atoms with Gasteiger partial charge >= 0.3 is 17.9 Å². The molecule has 0 spiro atoms. The smallest absolute Gasteiger partial charge is 0.341 e. The van der Waals surface area contributed by atoms with Crippen LogP contribution in [0.1, 0.15) is 53.9 Å². The number of rotatable bonds is 10. The van der Waals surface area contributed by atoms with Gasteiger partial charge in [-0.3, -0.25) is 9.59 Å². The number of carbonyl (C=O) groups excluding carboxylic acids is 3. The topological polar surface area (TPSA) is 159 Å². The molecule has 0 fully saturated rings. The first kappa shape index (κ1) is 31.0. The number of anilines is 2. The van der Waals surface area contributed by atoms with Gasteiger partial charge in [-0.05, 0) is 55.8 Å². The molecule has 2 amide bonds. The number of aromatic carboxylic acids is 2. The van der Waals surface area contributed by atoms with Crippen molar-refractivity contribution in [2.75, 3.05) is 17.7 Å². The van der Waals surface area contributed by atoms with Crippen LogP contribution in [0.4, 0.5) is 10.7 Å². The normalized spacial score (nSPS) is 11.3. The average molecular weight is 619 g/mol. The lowest BCUT2D eigenvalue weighted by Gasteiger charge is -2.14. The van der Waals surface area contributed by atoms with Gasteiger partial charge in [-0.15, -0.1) is 23.1 Å². The summed E-state index contributed by atoms with van der Waals surface area (Å²) in [5.74, 6) is -4.42. The van der Waals surface area contributed by atoms with Crippen molar-refractivity contribution in [1.29, 1.82) is 0 Å². The van der Waals surface area contributed by atoms with E-state index in [4.69, 9.17) is 9.84 Å². The van der Waals surface area contributed by atoms with E-state index in [1.807, 2.05) is 31.2 Å². The Hall–Kier alpha value is -4.94. The van der Waals surface area contributed by atoms with Crippen molar-refractivity contribution in [3.05, 3.63) is 99.9 Å². The van der Waals surface area contributed by atoms with Crippen LogP contribution in [-0.2, 0) is 9.53 Å². The third-order valence-electron chi connectivity index (χ3n) is 6.30. The number of nitrogens with one attached hydrogen (secondary N) is 2. The van der Waals surface area contributed by atoms with Crippen LogP contribution in [0.5, 0.6) is 0 Å². The summed E-state index contributed by atoms with van der Waals surface area (Å²) >= 11 is 2.43. The zero-order valence-electron chi connectivity index (χ0n) is 23.2. The first-order valence-corrected chi connectivity index (χ1v) is 14.5. The number of esters is 1. The van der Waals surface area contributed by atoms with Crippen LogP contribution >= 0.6 is 23.1 Å². The van der Waals surface area contributed by atoms with Gasteiger partial charge in [0.1, 0.15) is 10.6 Å². The summed E-state index contributed by atoms with van der Waals surface area (Å²) in [5.41, 5.74) is 2.24. The Bertz CT molecular complexity index is 1730. The molecule has 4 rings (SSSR count). The lowest BCUT2D eigenvalue weighted by Crippen LogP contribution is -2.23. The highest BCUT2D eigenvalue weighted by molar-refractivity contribution is 8.00. The highest BCUT2D eigenvalue weighted by Gasteiger charge is 2.25. The minimum absolute atomic E-state index is 0.203. The maximum Gasteiger partial charge on any atom is 0.341 e. The van der Waals surface area contributed by atoms with E-state index >= 15 is 0 Å². The van der Waals surface area contributed by atoms with E-state index in [0.717, 1.165) is 29.3 Å². The summed E-state index contributed by atoms with van der Waals surface area (Å²) in [6.45, 7) is 3.66. The molecule has 1 unspecified atom stereocenters. The molecule has 4 N–H and O–H groups in total. The van der Waals surface area contributed by atoms with Gasteiger partial charge in [-0.25, -0.2) is 14.4 Å². The molecule has 220 valence electrons. The molecule has 3 aromatic carbocycles. The number of hydrogen-bond donors (Lipinski definition) is 4. The third kappa shape index (κ3) is 7.29. The fourth-order valence-electron chi connectivity index (χ4n) is 4.07. The summed E-state index contributed by atoms with van der Waals surface area (Å²) in [7, 11) is 1.28. The summed E-state index contributed by atoms with van der Waals surface area (Å²) in [4.78, 5) is 62.2. The molecule has 0 aliphatic rings. The van der Waals surface area contributed by atoms with Crippen molar-refractivity contribution in [2.45, 2.75) is 24.0 Å². The number of benzene rings is 3. The number of carbonyl (C=O) groups is 5. The Morgan fingerprint density at radius 3 is 2.26 bits per heavy atom. The van der Waals surface area contributed by atoms with E-state index in [-0.39, 0.29) is 22.6 Å². The van der Waals surface area contributed by atoms with Crippen molar-refractivity contribution >= 4 is 63.5 Å². The predicted octanol–water partition coefficient (Wildman–Crippen LogP) is 6.28. The van der Waals surface area contributed by atoms with Crippen LogP contribution < -0.4 is 10.6 Å². The van der Waals surface area contributed by atoms with E-state index in [0.29, 0.717) is 21.1 Å². The highest BCUT2D eigenvalue weighted by Crippen LogP contribution is 2.37. The molecule has 0 saturated carbocycles. The Labute approximate surface area is 254 Å². The second-order valence-corrected chi connectivity index (χ2v) is 11.6. The van der Waals surface area contributed by atoms with Crippen LogP contribution in [-0.4, -0.2) is 52.3 Å². The fraction of sp³-hybridized carbons (Fsp3) is 0.129. The van der Waals surface area contributed by atoms with Gasteiger partial charge in [0.2, 0.25) is 5.91 Å². The number of thioether (sulfide) groups is 1. The molecule has 12 heteroatoms. The summed E-state index contributed by atoms with van der Waals surface area (Å²) in [5, 5.41) is 25.6. The van der Waals surface area contributed by atoms with E-state index in [1.54, 1.807) is 36.6 Å². The molecule has 10 nitrogen and oxygen atoms in total. The maximum absolute atomic E-state index is 13.2. The summed E-state index contributed by atoms with van der Waals surface area (Å²) in [6.07, 6.45) is 0. The van der Waals surface area contributed by atoms with Crippen molar-refractivity contribution in [2.24, 2.45) is 0 Å². The van der Waals surface area contributed by atoms with Gasteiger partial charge in [0.25, 0.3) is 5.91 Å². The largest absolute Gasteiger partial charge is 0.478 e. The minimum atomic E-state index is -1.44. The maximum atomic E-state index is 13.2. The standard InChI is InChI=1S/C31H26N2O8S2/c1-16-7-9-18(10-8-16)24-15-42-28(25(24)31(40)41-3)33-26(34)17(2)43-21-6-4-5-20(14-21)32-27(35)22-12-11-19(29(36)37)13-23(22)30(38)39/h4-15,17H,1-3H3,(H,32,35)(H,33,34)(H,36,37)(H,38,39). The Kier molecular flexibility index (Phi) is 9.63. The second kappa shape index (κ2) is 13.4. The molecular weight excluding hydrogens is 592 g/mol. The van der Waals surface area contributed by atoms with E-state index < -0.39 is 34.6 Å². The zero-order valence-corrected chi connectivity index (χ0v) is 24.8. The van der Waals surface area contributed by atoms with Gasteiger partial charge in [0, 0.05) is 21.5 Å². The van der Waals surface area contributed by atoms with Crippen molar-refractivity contribution < 1.29 is 38.9 Å². The number of methoxy groups -OCH3 is 1. The number of aryl methyl sites for hydroxylation is 1. The van der Waals surface area contributed by atoms with Gasteiger partial charge < -0.3 is 25.6 Å². The van der Waals surface area contributed by atoms with Gasteiger partial charge in [0.05, 0.1) is 29.1 Å². The first-order chi connectivity index (χ1) is 20.5. The predicted molar refractivity (Wildman–Crippen MR) is 165 cm³/mol. The fourth-order valence-corrected chi connectivity index (χ4v) is 5.96. The SMILES string of the molecule is COC(=O)c1c(-c2ccc(C)cc2)csc1NC(=O)C(C)Sc1cccc(NC(=O)c2ccc(C(=O)O)cc2C(=O)O)c1. The highest BCUT2D eigenvalue weighted by atomic mass is 32.2. The Morgan fingerprint density at radius 2 is 1.60 bits per heavy atom. The molecule has 4 aromatic rings. The second-order valence-electron chi connectivity index (χ2n) is 9.31. The Morgan fingerprint density at radius 1 is 0.884 bits per heavy atom. The number of amides is 2. The number of thiophene rings is 1. The molecule has 0 radical (unpaired) electrons. The van der Waals surface area contributed by atoms with Gasteiger partial charge in [0.15, 0.2) is 0 Å². The lowest BCUT2D eigenvalue weighted by atomic mass is 10.0. The average Bonchev–Trinajstić information content (AvgIpc) is 3.40.